The normalized spacial score (nSPS) is 15.3. The SMILES string of the molecule is COC(=O)c1ccc2c(=O)[nH]c(CN3CCN(Cc4c(F)cccc4Cl)CC3)nc2c1. The van der Waals surface area contributed by atoms with Gasteiger partial charge < -0.3 is 9.72 Å². The van der Waals surface area contributed by atoms with Crippen LogP contribution in [0.25, 0.3) is 10.9 Å². The van der Waals surface area contributed by atoms with E-state index < -0.39 is 5.97 Å². The van der Waals surface area contributed by atoms with Gasteiger partial charge in [0.25, 0.3) is 5.56 Å². The van der Waals surface area contributed by atoms with Crippen molar-refractivity contribution in [2.75, 3.05) is 33.3 Å². The van der Waals surface area contributed by atoms with Crippen molar-refractivity contribution in [2.45, 2.75) is 13.1 Å². The Labute approximate surface area is 183 Å². The van der Waals surface area contributed by atoms with Crippen molar-refractivity contribution in [3.8, 4) is 0 Å². The molecule has 0 saturated carbocycles. The summed E-state index contributed by atoms with van der Waals surface area (Å²) in [5, 5.41) is 0.856. The van der Waals surface area contributed by atoms with Crippen molar-refractivity contribution in [3.05, 3.63) is 74.5 Å². The molecule has 0 unspecified atom stereocenters. The number of aromatic nitrogens is 2. The minimum atomic E-state index is -0.475. The number of ether oxygens (including phenoxy) is 1. The zero-order valence-electron chi connectivity index (χ0n) is 17.0. The third kappa shape index (κ3) is 4.76. The highest BCUT2D eigenvalue weighted by Crippen LogP contribution is 2.21. The maximum atomic E-state index is 14.0. The first-order chi connectivity index (χ1) is 14.9. The van der Waals surface area contributed by atoms with Crippen LogP contribution in [0.15, 0.2) is 41.2 Å². The summed E-state index contributed by atoms with van der Waals surface area (Å²) in [5.41, 5.74) is 1.07. The van der Waals surface area contributed by atoms with E-state index in [4.69, 9.17) is 16.3 Å². The van der Waals surface area contributed by atoms with Crippen molar-refractivity contribution < 1.29 is 13.9 Å². The number of methoxy groups -OCH3 is 1. The number of hydrogen-bond acceptors (Lipinski definition) is 6. The van der Waals surface area contributed by atoms with E-state index in [0.717, 1.165) is 26.2 Å². The molecule has 0 spiro atoms. The summed E-state index contributed by atoms with van der Waals surface area (Å²) in [7, 11) is 1.31. The fourth-order valence-electron chi connectivity index (χ4n) is 3.73. The minimum absolute atomic E-state index is 0.246. The Morgan fingerprint density at radius 2 is 1.87 bits per heavy atom. The number of piperazine rings is 1. The molecule has 0 bridgehead atoms. The zero-order chi connectivity index (χ0) is 22.0. The van der Waals surface area contributed by atoms with Gasteiger partial charge in [-0.1, -0.05) is 17.7 Å². The molecule has 162 valence electrons. The van der Waals surface area contributed by atoms with Crippen LogP contribution in [0.2, 0.25) is 5.02 Å². The Morgan fingerprint density at radius 1 is 1.16 bits per heavy atom. The molecular weight excluding hydrogens is 423 g/mol. The highest BCUT2D eigenvalue weighted by molar-refractivity contribution is 6.31. The summed E-state index contributed by atoms with van der Waals surface area (Å²) in [5.74, 6) is -0.235. The largest absolute Gasteiger partial charge is 0.465 e. The number of H-pyrrole nitrogens is 1. The second-order valence-corrected chi connectivity index (χ2v) is 7.90. The Kier molecular flexibility index (Phi) is 6.31. The summed E-state index contributed by atoms with van der Waals surface area (Å²) < 4.78 is 18.8. The van der Waals surface area contributed by atoms with Crippen molar-refractivity contribution in [2.24, 2.45) is 0 Å². The second-order valence-electron chi connectivity index (χ2n) is 7.49. The monoisotopic (exact) mass is 444 g/mol. The van der Waals surface area contributed by atoms with Gasteiger partial charge in [-0.15, -0.1) is 0 Å². The number of nitrogens with one attached hydrogen (secondary N) is 1. The number of carbonyl (C=O) groups excluding carboxylic acids is 1. The van der Waals surface area contributed by atoms with E-state index in [1.165, 1.54) is 13.2 Å². The molecule has 0 amide bonds. The van der Waals surface area contributed by atoms with Crippen LogP contribution < -0.4 is 5.56 Å². The molecule has 0 aliphatic carbocycles. The van der Waals surface area contributed by atoms with E-state index in [1.807, 2.05) is 0 Å². The fraction of sp³-hybridized carbons (Fsp3) is 0.318. The van der Waals surface area contributed by atoms with E-state index in [0.29, 0.717) is 46.0 Å². The molecule has 1 fully saturated rings. The van der Waals surface area contributed by atoms with Crippen LogP contribution in [-0.2, 0) is 17.8 Å². The number of fused-ring (bicyclic) bond motifs is 1. The standard InChI is InChI=1S/C22H22ClFN4O3/c1-31-22(30)14-5-6-15-19(11-14)25-20(26-21(15)29)13-28-9-7-27(8-10-28)12-16-17(23)3-2-4-18(16)24/h2-6,11H,7-10,12-13H2,1H3,(H,25,26,29). The lowest BCUT2D eigenvalue weighted by atomic mass is 10.1. The topological polar surface area (TPSA) is 78.5 Å². The molecule has 0 atom stereocenters. The molecular formula is C22H22ClFN4O3. The molecule has 7 nitrogen and oxygen atoms in total. The Hall–Kier alpha value is -2.81. The number of halogens is 2. The third-order valence-electron chi connectivity index (χ3n) is 5.46. The molecule has 2 heterocycles. The number of nitrogens with zero attached hydrogens (tertiary/aromatic N) is 3. The lowest BCUT2D eigenvalue weighted by molar-refractivity contribution is 0.0601. The van der Waals surface area contributed by atoms with Crippen LogP contribution in [0.4, 0.5) is 4.39 Å². The van der Waals surface area contributed by atoms with Gasteiger partial charge in [0, 0.05) is 43.3 Å². The Bertz CT molecular complexity index is 1150. The molecule has 0 radical (unpaired) electrons. The lowest BCUT2D eigenvalue weighted by Crippen LogP contribution is -2.45. The van der Waals surface area contributed by atoms with E-state index >= 15 is 0 Å². The van der Waals surface area contributed by atoms with E-state index in [2.05, 4.69) is 19.8 Å². The van der Waals surface area contributed by atoms with Crippen LogP contribution in [0.1, 0.15) is 21.7 Å². The highest BCUT2D eigenvalue weighted by atomic mass is 35.5. The van der Waals surface area contributed by atoms with Crippen molar-refractivity contribution >= 4 is 28.5 Å². The van der Waals surface area contributed by atoms with Gasteiger partial charge in [-0.05, 0) is 30.3 Å². The van der Waals surface area contributed by atoms with Crippen LogP contribution in [-0.4, -0.2) is 59.0 Å². The first-order valence-corrected chi connectivity index (χ1v) is 10.3. The summed E-state index contributed by atoms with van der Waals surface area (Å²) in [6.07, 6.45) is 0. The van der Waals surface area contributed by atoms with Crippen LogP contribution >= 0.6 is 11.6 Å². The smallest absolute Gasteiger partial charge is 0.337 e. The van der Waals surface area contributed by atoms with E-state index in [-0.39, 0.29) is 11.4 Å². The number of esters is 1. The number of aromatic amines is 1. The van der Waals surface area contributed by atoms with Crippen molar-refractivity contribution in [1.82, 2.24) is 19.8 Å². The van der Waals surface area contributed by atoms with Gasteiger partial charge in [0.1, 0.15) is 11.6 Å². The quantitative estimate of drug-likeness (QED) is 0.610. The van der Waals surface area contributed by atoms with Crippen molar-refractivity contribution in [1.29, 1.82) is 0 Å². The Morgan fingerprint density at radius 3 is 2.55 bits per heavy atom. The first kappa shape index (κ1) is 21.4. The molecule has 1 N–H and O–H groups in total. The third-order valence-corrected chi connectivity index (χ3v) is 5.81. The predicted octanol–water partition coefficient (Wildman–Crippen LogP) is 2.82. The van der Waals surface area contributed by atoms with Crippen LogP contribution in [0.3, 0.4) is 0 Å². The van der Waals surface area contributed by atoms with Gasteiger partial charge in [-0.3, -0.25) is 14.6 Å². The molecule has 1 aliphatic heterocycles. The molecule has 4 rings (SSSR count). The maximum absolute atomic E-state index is 14.0. The second kappa shape index (κ2) is 9.13. The molecule has 1 aliphatic rings. The first-order valence-electron chi connectivity index (χ1n) is 9.93. The molecule has 1 saturated heterocycles. The number of hydrogen-bond donors (Lipinski definition) is 1. The summed E-state index contributed by atoms with van der Waals surface area (Å²) in [6.45, 7) is 3.92. The number of benzene rings is 2. The molecule has 9 heteroatoms. The molecule has 3 aromatic rings. The molecule has 2 aromatic carbocycles. The zero-order valence-corrected chi connectivity index (χ0v) is 17.8. The fourth-order valence-corrected chi connectivity index (χ4v) is 3.95. The number of rotatable bonds is 5. The van der Waals surface area contributed by atoms with Gasteiger partial charge in [0.05, 0.1) is 30.1 Å². The van der Waals surface area contributed by atoms with Gasteiger partial charge in [-0.2, -0.15) is 0 Å². The van der Waals surface area contributed by atoms with E-state index in [1.54, 1.807) is 30.3 Å². The molecule has 1 aromatic heterocycles. The molecule has 31 heavy (non-hydrogen) atoms. The van der Waals surface area contributed by atoms with Crippen molar-refractivity contribution in [3.63, 3.8) is 0 Å². The lowest BCUT2D eigenvalue weighted by Gasteiger charge is -2.34. The van der Waals surface area contributed by atoms with Crippen LogP contribution in [0, 0.1) is 5.82 Å². The predicted molar refractivity (Wildman–Crippen MR) is 116 cm³/mol. The Balaban J connectivity index is 1.43. The van der Waals surface area contributed by atoms with Gasteiger partial charge in [0.15, 0.2) is 0 Å². The highest BCUT2D eigenvalue weighted by Gasteiger charge is 2.20. The summed E-state index contributed by atoms with van der Waals surface area (Å²) in [4.78, 5) is 35.9. The van der Waals surface area contributed by atoms with E-state index in [9.17, 15) is 14.0 Å². The van der Waals surface area contributed by atoms with Gasteiger partial charge in [0.2, 0.25) is 0 Å². The average molecular weight is 445 g/mol. The van der Waals surface area contributed by atoms with Crippen LogP contribution in [0.5, 0.6) is 0 Å². The minimum Gasteiger partial charge on any atom is -0.465 e. The summed E-state index contributed by atoms with van der Waals surface area (Å²) >= 11 is 6.14. The van der Waals surface area contributed by atoms with Gasteiger partial charge in [-0.25, -0.2) is 14.2 Å². The average Bonchev–Trinajstić information content (AvgIpc) is 2.76. The summed E-state index contributed by atoms with van der Waals surface area (Å²) in [6, 6.07) is 9.41. The maximum Gasteiger partial charge on any atom is 0.337 e. The number of carbonyl (C=O) groups is 1. The van der Waals surface area contributed by atoms with Gasteiger partial charge >= 0.3 is 5.97 Å².